The second-order valence-corrected chi connectivity index (χ2v) is 3.29. The number of phenolic OH excluding ortho intramolecular Hbond substituents is 1. The predicted molar refractivity (Wildman–Crippen MR) is 50.5 cm³/mol. The minimum absolute atomic E-state index is 0.0249. The van der Waals surface area contributed by atoms with Gasteiger partial charge >= 0.3 is 0 Å². The van der Waals surface area contributed by atoms with Gasteiger partial charge in [-0.1, -0.05) is 18.2 Å². The van der Waals surface area contributed by atoms with Crippen molar-refractivity contribution in [2.24, 2.45) is 0 Å². The first kappa shape index (κ1) is 9.99. The molecule has 0 fully saturated rings. The van der Waals surface area contributed by atoms with Crippen LogP contribution in [0.4, 0.5) is 4.39 Å². The Morgan fingerprint density at radius 3 is 2.54 bits per heavy atom. The summed E-state index contributed by atoms with van der Waals surface area (Å²) in [7, 11) is 3.60. The van der Waals surface area contributed by atoms with Gasteiger partial charge in [0.25, 0.3) is 0 Å². The Hall–Kier alpha value is -1.09. The van der Waals surface area contributed by atoms with Crippen LogP contribution in [-0.4, -0.2) is 30.6 Å². The minimum atomic E-state index is -1.13. The van der Waals surface area contributed by atoms with Crippen molar-refractivity contribution in [2.75, 3.05) is 20.6 Å². The second-order valence-electron chi connectivity index (χ2n) is 3.29. The highest BCUT2D eigenvalue weighted by Crippen LogP contribution is 2.26. The molecule has 1 N–H and O–H groups in total. The number of phenols is 1. The van der Waals surface area contributed by atoms with Gasteiger partial charge in [0.1, 0.15) is 11.9 Å². The third-order valence-corrected chi connectivity index (χ3v) is 1.80. The van der Waals surface area contributed by atoms with Gasteiger partial charge in [-0.3, -0.25) is 0 Å². The van der Waals surface area contributed by atoms with Gasteiger partial charge in [0.05, 0.1) is 0 Å². The van der Waals surface area contributed by atoms with Crippen molar-refractivity contribution in [3.05, 3.63) is 29.8 Å². The van der Waals surface area contributed by atoms with Crippen molar-refractivity contribution in [3.8, 4) is 5.75 Å². The average molecular weight is 183 g/mol. The number of halogens is 1. The fraction of sp³-hybridized carbons (Fsp3) is 0.400. The highest BCUT2D eigenvalue weighted by Gasteiger charge is 2.13. The fourth-order valence-electron chi connectivity index (χ4n) is 1.17. The lowest BCUT2D eigenvalue weighted by Crippen LogP contribution is -2.17. The average Bonchev–Trinajstić information content (AvgIpc) is 2.03. The summed E-state index contributed by atoms with van der Waals surface area (Å²) >= 11 is 0. The molecule has 0 aliphatic rings. The molecule has 0 spiro atoms. The Bertz CT molecular complexity index is 275. The predicted octanol–water partition coefficient (Wildman–Crippen LogP) is 1.96. The quantitative estimate of drug-likeness (QED) is 0.774. The molecule has 1 aromatic carbocycles. The lowest BCUT2D eigenvalue weighted by molar-refractivity contribution is 0.246. The van der Waals surface area contributed by atoms with Crippen LogP contribution < -0.4 is 0 Å². The smallest absolute Gasteiger partial charge is 0.141 e. The minimum Gasteiger partial charge on any atom is -0.508 e. The summed E-state index contributed by atoms with van der Waals surface area (Å²) in [6, 6.07) is 6.50. The zero-order valence-electron chi connectivity index (χ0n) is 7.87. The van der Waals surface area contributed by atoms with E-state index < -0.39 is 6.17 Å². The van der Waals surface area contributed by atoms with Crippen molar-refractivity contribution in [1.29, 1.82) is 0 Å². The van der Waals surface area contributed by atoms with Gasteiger partial charge in [-0.15, -0.1) is 0 Å². The SMILES string of the molecule is CN(C)CC(F)c1ccccc1O. The van der Waals surface area contributed by atoms with Gasteiger partial charge in [-0.2, -0.15) is 0 Å². The fourth-order valence-corrected chi connectivity index (χ4v) is 1.17. The third kappa shape index (κ3) is 2.70. The molecule has 1 aromatic rings. The van der Waals surface area contributed by atoms with Crippen molar-refractivity contribution < 1.29 is 9.50 Å². The largest absolute Gasteiger partial charge is 0.508 e. The Labute approximate surface area is 77.6 Å². The second kappa shape index (κ2) is 4.23. The first-order valence-electron chi connectivity index (χ1n) is 4.18. The van der Waals surface area contributed by atoms with Gasteiger partial charge in [0.15, 0.2) is 0 Å². The molecule has 1 atom stereocenters. The van der Waals surface area contributed by atoms with E-state index in [0.29, 0.717) is 5.56 Å². The van der Waals surface area contributed by atoms with Crippen LogP contribution in [0.15, 0.2) is 24.3 Å². The molecule has 0 heterocycles. The van der Waals surface area contributed by atoms with E-state index in [1.807, 2.05) is 0 Å². The number of hydrogen-bond donors (Lipinski definition) is 1. The summed E-state index contributed by atoms with van der Waals surface area (Å²) < 4.78 is 13.4. The zero-order chi connectivity index (χ0) is 9.84. The van der Waals surface area contributed by atoms with E-state index in [-0.39, 0.29) is 12.3 Å². The lowest BCUT2D eigenvalue weighted by atomic mass is 10.1. The lowest BCUT2D eigenvalue weighted by Gasteiger charge is -2.14. The molecule has 0 saturated heterocycles. The summed E-state index contributed by atoms with van der Waals surface area (Å²) in [6.07, 6.45) is -1.13. The van der Waals surface area contributed by atoms with Crippen molar-refractivity contribution >= 4 is 0 Å². The molecule has 13 heavy (non-hydrogen) atoms. The van der Waals surface area contributed by atoms with E-state index in [4.69, 9.17) is 0 Å². The van der Waals surface area contributed by atoms with Gasteiger partial charge in [0, 0.05) is 12.1 Å². The Morgan fingerprint density at radius 1 is 1.38 bits per heavy atom. The standard InChI is InChI=1S/C10H14FNO/c1-12(2)7-9(11)8-5-3-4-6-10(8)13/h3-6,9,13H,7H2,1-2H3. The summed E-state index contributed by atoms with van der Waals surface area (Å²) in [5, 5.41) is 9.34. The number of likely N-dealkylation sites (N-methyl/N-ethyl adjacent to an activating group) is 1. The topological polar surface area (TPSA) is 23.5 Å². The third-order valence-electron chi connectivity index (χ3n) is 1.80. The molecule has 0 amide bonds. The molecule has 0 aliphatic carbocycles. The molecule has 2 nitrogen and oxygen atoms in total. The molecule has 0 radical (unpaired) electrons. The van der Waals surface area contributed by atoms with Crippen molar-refractivity contribution in [1.82, 2.24) is 4.90 Å². The van der Waals surface area contributed by atoms with E-state index >= 15 is 0 Å². The summed E-state index contributed by atoms with van der Waals surface area (Å²) in [5.41, 5.74) is 0.358. The van der Waals surface area contributed by atoms with Crippen LogP contribution in [0.3, 0.4) is 0 Å². The number of rotatable bonds is 3. The normalized spacial score (nSPS) is 13.2. The molecule has 0 saturated carbocycles. The van der Waals surface area contributed by atoms with E-state index in [9.17, 15) is 9.50 Å². The molecular formula is C10H14FNO. The Kier molecular flexibility index (Phi) is 3.25. The monoisotopic (exact) mass is 183 g/mol. The first-order chi connectivity index (χ1) is 6.11. The highest BCUT2D eigenvalue weighted by atomic mass is 19.1. The van der Waals surface area contributed by atoms with Crippen LogP contribution in [0.25, 0.3) is 0 Å². The number of para-hydroxylation sites is 1. The van der Waals surface area contributed by atoms with Crippen molar-refractivity contribution in [2.45, 2.75) is 6.17 Å². The Morgan fingerprint density at radius 2 is 2.00 bits per heavy atom. The number of nitrogens with zero attached hydrogens (tertiary/aromatic N) is 1. The van der Waals surface area contributed by atoms with Crippen LogP contribution in [0.2, 0.25) is 0 Å². The van der Waals surface area contributed by atoms with Crippen LogP contribution >= 0.6 is 0 Å². The molecule has 0 bridgehead atoms. The maximum atomic E-state index is 13.4. The maximum absolute atomic E-state index is 13.4. The van der Waals surface area contributed by atoms with E-state index in [1.165, 1.54) is 6.07 Å². The highest BCUT2D eigenvalue weighted by molar-refractivity contribution is 5.33. The van der Waals surface area contributed by atoms with Crippen LogP contribution in [0, 0.1) is 0 Å². The van der Waals surface area contributed by atoms with Crippen LogP contribution in [-0.2, 0) is 0 Å². The molecule has 0 aromatic heterocycles. The van der Waals surface area contributed by atoms with E-state index in [0.717, 1.165) is 0 Å². The van der Waals surface area contributed by atoms with Gasteiger partial charge in [0.2, 0.25) is 0 Å². The summed E-state index contributed by atoms with van der Waals surface area (Å²) in [6.45, 7) is 0.289. The molecule has 1 unspecified atom stereocenters. The molecular weight excluding hydrogens is 169 g/mol. The molecule has 0 aliphatic heterocycles. The van der Waals surface area contributed by atoms with E-state index in [1.54, 1.807) is 37.2 Å². The first-order valence-corrected chi connectivity index (χ1v) is 4.18. The maximum Gasteiger partial charge on any atom is 0.141 e. The van der Waals surface area contributed by atoms with Crippen LogP contribution in [0.1, 0.15) is 11.7 Å². The van der Waals surface area contributed by atoms with Gasteiger partial charge in [-0.05, 0) is 20.2 Å². The van der Waals surface area contributed by atoms with Gasteiger partial charge in [-0.25, -0.2) is 4.39 Å². The van der Waals surface area contributed by atoms with Gasteiger partial charge < -0.3 is 10.0 Å². The molecule has 3 heteroatoms. The van der Waals surface area contributed by atoms with Crippen molar-refractivity contribution in [3.63, 3.8) is 0 Å². The number of aromatic hydroxyl groups is 1. The summed E-state index contributed by atoms with van der Waals surface area (Å²) in [5.74, 6) is 0.0249. The number of alkyl halides is 1. The zero-order valence-corrected chi connectivity index (χ0v) is 7.87. The van der Waals surface area contributed by atoms with Crippen LogP contribution in [0.5, 0.6) is 5.75 Å². The van der Waals surface area contributed by atoms with E-state index in [2.05, 4.69) is 0 Å². The Balaban J connectivity index is 2.76. The summed E-state index contributed by atoms with van der Waals surface area (Å²) in [4.78, 5) is 1.75. The number of benzene rings is 1. The number of hydrogen-bond acceptors (Lipinski definition) is 2. The molecule has 1 rings (SSSR count). The molecule has 72 valence electrons.